The third kappa shape index (κ3) is 6.04. The SMILES string of the molecule is C=CCn1c(CC(=O)Nc2ccccc2OC)nnc1SCCOc1ccccc1OC. The quantitative estimate of drug-likeness (QED) is 0.253. The average Bonchev–Trinajstić information content (AvgIpc) is 3.18. The lowest BCUT2D eigenvalue weighted by Gasteiger charge is -2.11. The van der Waals surface area contributed by atoms with Crippen LogP contribution in [0.4, 0.5) is 5.69 Å². The van der Waals surface area contributed by atoms with Crippen LogP contribution in [0.1, 0.15) is 5.82 Å². The Morgan fingerprint density at radius 1 is 1.06 bits per heavy atom. The van der Waals surface area contributed by atoms with E-state index in [0.717, 1.165) is 0 Å². The second kappa shape index (κ2) is 11.8. The first-order valence-electron chi connectivity index (χ1n) is 10.0. The van der Waals surface area contributed by atoms with Gasteiger partial charge in [0.2, 0.25) is 5.91 Å². The maximum atomic E-state index is 12.6. The van der Waals surface area contributed by atoms with E-state index in [9.17, 15) is 4.79 Å². The first kappa shape index (κ1) is 23.2. The topological polar surface area (TPSA) is 87.5 Å². The number of anilines is 1. The maximum Gasteiger partial charge on any atom is 0.232 e. The molecule has 0 atom stereocenters. The zero-order chi connectivity index (χ0) is 22.8. The smallest absolute Gasteiger partial charge is 0.232 e. The van der Waals surface area contributed by atoms with Crippen molar-refractivity contribution in [1.82, 2.24) is 14.8 Å². The minimum atomic E-state index is -0.205. The van der Waals surface area contributed by atoms with Crippen LogP contribution in [0, 0.1) is 0 Å². The summed E-state index contributed by atoms with van der Waals surface area (Å²) in [6.07, 6.45) is 1.83. The van der Waals surface area contributed by atoms with Crippen LogP contribution in [0.25, 0.3) is 0 Å². The number of carbonyl (C=O) groups excluding carboxylic acids is 1. The molecule has 0 radical (unpaired) electrons. The first-order chi connectivity index (χ1) is 15.7. The number of methoxy groups -OCH3 is 2. The second-order valence-corrected chi connectivity index (χ2v) is 7.63. The van der Waals surface area contributed by atoms with Crippen LogP contribution >= 0.6 is 11.8 Å². The van der Waals surface area contributed by atoms with E-state index < -0.39 is 0 Å². The molecule has 3 rings (SSSR count). The lowest BCUT2D eigenvalue weighted by atomic mass is 10.2. The van der Waals surface area contributed by atoms with E-state index in [1.807, 2.05) is 41.0 Å². The van der Waals surface area contributed by atoms with Crippen LogP contribution in [-0.2, 0) is 17.8 Å². The molecule has 168 valence electrons. The number of rotatable bonds is 12. The van der Waals surface area contributed by atoms with Gasteiger partial charge in [-0.15, -0.1) is 16.8 Å². The molecule has 32 heavy (non-hydrogen) atoms. The number of thioether (sulfide) groups is 1. The van der Waals surface area contributed by atoms with E-state index in [-0.39, 0.29) is 12.3 Å². The molecule has 0 aliphatic heterocycles. The Morgan fingerprint density at radius 3 is 2.47 bits per heavy atom. The summed E-state index contributed by atoms with van der Waals surface area (Å²) in [5.74, 6) is 2.99. The van der Waals surface area contributed by atoms with E-state index in [4.69, 9.17) is 14.2 Å². The van der Waals surface area contributed by atoms with Gasteiger partial charge in [-0.05, 0) is 24.3 Å². The van der Waals surface area contributed by atoms with Gasteiger partial charge in [0.1, 0.15) is 11.6 Å². The Morgan fingerprint density at radius 2 is 1.75 bits per heavy atom. The van der Waals surface area contributed by atoms with Crippen LogP contribution in [0.5, 0.6) is 17.2 Å². The van der Waals surface area contributed by atoms with Crippen molar-refractivity contribution in [2.24, 2.45) is 0 Å². The average molecular weight is 455 g/mol. The van der Waals surface area contributed by atoms with Crippen molar-refractivity contribution < 1.29 is 19.0 Å². The summed E-state index contributed by atoms with van der Waals surface area (Å²) in [6, 6.07) is 14.8. The van der Waals surface area contributed by atoms with Gasteiger partial charge < -0.3 is 24.1 Å². The lowest BCUT2D eigenvalue weighted by Crippen LogP contribution is -2.18. The predicted octanol–water partition coefficient (Wildman–Crippen LogP) is 3.83. The van der Waals surface area contributed by atoms with Crippen molar-refractivity contribution in [1.29, 1.82) is 0 Å². The highest BCUT2D eigenvalue weighted by Crippen LogP contribution is 2.27. The molecule has 1 heterocycles. The summed E-state index contributed by atoms with van der Waals surface area (Å²) in [5.41, 5.74) is 0.609. The number of hydrogen-bond donors (Lipinski definition) is 1. The van der Waals surface area contributed by atoms with Crippen molar-refractivity contribution >= 4 is 23.4 Å². The number of aromatic nitrogens is 3. The fourth-order valence-electron chi connectivity index (χ4n) is 2.98. The number of carbonyl (C=O) groups is 1. The van der Waals surface area contributed by atoms with Gasteiger partial charge in [0.15, 0.2) is 16.7 Å². The Hall–Kier alpha value is -3.46. The van der Waals surface area contributed by atoms with Crippen LogP contribution < -0.4 is 19.5 Å². The molecule has 0 aliphatic rings. The lowest BCUT2D eigenvalue weighted by molar-refractivity contribution is -0.115. The monoisotopic (exact) mass is 454 g/mol. The van der Waals surface area contributed by atoms with Gasteiger partial charge in [0.25, 0.3) is 0 Å². The molecule has 0 saturated heterocycles. The molecule has 1 amide bonds. The highest BCUT2D eigenvalue weighted by molar-refractivity contribution is 7.99. The molecule has 0 unspecified atom stereocenters. The summed E-state index contributed by atoms with van der Waals surface area (Å²) in [6.45, 7) is 4.77. The Kier molecular flexibility index (Phi) is 8.56. The summed E-state index contributed by atoms with van der Waals surface area (Å²) >= 11 is 1.50. The molecule has 9 heteroatoms. The van der Waals surface area contributed by atoms with Crippen molar-refractivity contribution in [3.8, 4) is 17.2 Å². The van der Waals surface area contributed by atoms with Gasteiger partial charge in [0.05, 0.1) is 32.9 Å². The molecule has 0 saturated carbocycles. The summed E-state index contributed by atoms with van der Waals surface area (Å²) in [7, 11) is 3.17. The highest BCUT2D eigenvalue weighted by Gasteiger charge is 2.16. The largest absolute Gasteiger partial charge is 0.495 e. The normalized spacial score (nSPS) is 10.4. The van der Waals surface area contributed by atoms with Gasteiger partial charge in [-0.3, -0.25) is 4.79 Å². The summed E-state index contributed by atoms with van der Waals surface area (Å²) < 4.78 is 18.3. The number of amides is 1. The number of para-hydroxylation sites is 4. The zero-order valence-corrected chi connectivity index (χ0v) is 18.9. The zero-order valence-electron chi connectivity index (χ0n) is 18.1. The number of nitrogens with zero attached hydrogens (tertiary/aromatic N) is 3. The molecule has 1 N–H and O–H groups in total. The van der Waals surface area contributed by atoms with E-state index in [0.29, 0.717) is 52.8 Å². The Labute approximate surface area is 191 Å². The van der Waals surface area contributed by atoms with Crippen molar-refractivity contribution in [2.75, 3.05) is 31.9 Å². The molecule has 8 nitrogen and oxygen atoms in total. The van der Waals surface area contributed by atoms with Gasteiger partial charge in [0, 0.05) is 12.3 Å². The Balaban J connectivity index is 1.59. The van der Waals surface area contributed by atoms with E-state index in [2.05, 4.69) is 22.1 Å². The molecular formula is C23H26N4O4S. The fraction of sp³-hybridized carbons (Fsp3) is 0.261. The van der Waals surface area contributed by atoms with Gasteiger partial charge in [-0.2, -0.15) is 0 Å². The first-order valence-corrected chi connectivity index (χ1v) is 11.0. The molecule has 0 aliphatic carbocycles. The molecule has 1 aromatic heterocycles. The van der Waals surface area contributed by atoms with Crippen molar-refractivity contribution in [3.05, 3.63) is 67.0 Å². The number of allylic oxidation sites excluding steroid dienone is 1. The minimum Gasteiger partial charge on any atom is -0.495 e. The van der Waals surface area contributed by atoms with Gasteiger partial charge >= 0.3 is 0 Å². The predicted molar refractivity (Wildman–Crippen MR) is 125 cm³/mol. The highest BCUT2D eigenvalue weighted by atomic mass is 32.2. The van der Waals surface area contributed by atoms with Crippen LogP contribution in [0.3, 0.4) is 0 Å². The molecular weight excluding hydrogens is 428 g/mol. The summed E-state index contributed by atoms with van der Waals surface area (Å²) in [5, 5.41) is 12.0. The molecule has 3 aromatic rings. The van der Waals surface area contributed by atoms with E-state index >= 15 is 0 Å². The standard InChI is InChI=1S/C23H26N4O4S/c1-4-13-27-21(16-22(28)24-17-9-5-6-10-18(17)29-2)25-26-23(27)32-15-14-31-20-12-8-7-11-19(20)30-3/h4-12H,1,13-16H2,2-3H3,(H,24,28). The molecule has 0 fully saturated rings. The van der Waals surface area contributed by atoms with E-state index in [1.54, 1.807) is 32.4 Å². The second-order valence-electron chi connectivity index (χ2n) is 6.57. The van der Waals surface area contributed by atoms with E-state index in [1.165, 1.54) is 11.8 Å². The number of benzene rings is 2. The summed E-state index contributed by atoms with van der Waals surface area (Å²) in [4.78, 5) is 12.6. The molecule has 2 aromatic carbocycles. The van der Waals surface area contributed by atoms with Crippen LogP contribution in [0.2, 0.25) is 0 Å². The third-order valence-electron chi connectivity index (χ3n) is 4.45. The van der Waals surface area contributed by atoms with Crippen molar-refractivity contribution in [3.63, 3.8) is 0 Å². The fourth-order valence-corrected chi connectivity index (χ4v) is 3.76. The molecule has 0 bridgehead atoms. The van der Waals surface area contributed by atoms with Crippen LogP contribution in [-0.4, -0.2) is 47.3 Å². The van der Waals surface area contributed by atoms with Gasteiger partial charge in [-0.25, -0.2) is 0 Å². The third-order valence-corrected chi connectivity index (χ3v) is 5.38. The van der Waals surface area contributed by atoms with Crippen LogP contribution in [0.15, 0.2) is 66.3 Å². The number of nitrogens with one attached hydrogen (secondary N) is 1. The Bertz CT molecular complexity index is 1050. The maximum absolute atomic E-state index is 12.6. The number of ether oxygens (including phenoxy) is 3. The van der Waals surface area contributed by atoms with Crippen molar-refractivity contribution in [2.45, 2.75) is 18.1 Å². The minimum absolute atomic E-state index is 0.0805. The number of hydrogen-bond acceptors (Lipinski definition) is 7. The van der Waals surface area contributed by atoms with Gasteiger partial charge in [-0.1, -0.05) is 42.1 Å². The molecule has 0 spiro atoms.